The normalized spacial score (nSPS) is 13.0. The van der Waals surface area contributed by atoms with Gasteiger partial charge in [0.05, 0.1) is 0 Å². The van der Waals surface area contributed by atoms with Gasteiger partial charge in [0.2, 0.25) is 0 Å². The number of fused-ring (bicyclic) bond motifs is 1. The van der Waals surface area contributed by atoms with E-state index in [1.54, 1.807) is 7.05 Å². The average molecular weight is 201 g/mol. The first-order chi connectivity index (χ1) is 7.22. The summed E-state index contributed by atoms with van der Waals surface area (Å²) in [7, 11) is 1.75. The van der Waals surface area contributed by atoms with E-state index < -0.39 is 6.23 Å². The van der Waals surface area contributed by atoms with Gasteiger partial charge in [-0.25, -0.2) is 0 Å². The molecule has 0 fully saturated rings. The highest BCUT2D eigenvalue weighted by atomic mass is 16.3. The van der Waals surface area contributed by atoms with Crippen molar-refractivity contribution in [1.29, 1.82) is 0 Å². The molecule has 0 aliphatic carbocycles. The largest absolute Gasteiger partial charge is 0.374 e. The number of aliphatic hydroxyl groups excluding tert-OH is 1. The molecule has 15 heavy (non-hydrogen) atoms. The summed E-state index contributed by atoms with van der Waals surface area (Å²) in [6, 6.07) is 12.2. The van der Waals surface area contributed by atoms with E-state index in [-0.39, 0.29) is 0 Å². The van der Waals surface area contributed by atoms with Crippen molar-refractivity contribution in [3.8, 4) is 0 Å². The summed E-state index contributed by atoms with van der Waals surface area (Å²) in [6.07, 6.45) is -0.601. The minimum absolute atomic E-state index is 0.601. The Labute approximate surface area is 89.6 Å². The van der Waals surface area contributed by atoms with Crippen molar-refractivity contribution in [1.82, 2.24) is 5.32 Å². The van der Waals surface area contributed by atoms with Crippen LogP contribution < -0.4 is 5.32 Å². The average Bonchev–Trinajstić information content (AvgIpc) is 2.26. The Morgan fingerprint density at radius 2 is 2.00 bits per heavy atom. The second-order valence-corrected chi connectivity index (χ2v) is 3.76. The molecular weight excluding hydrogens is 186 g/mol. The lowest BCUT2D eigenvalue weighted by atomic mass is 10.0. The van der Waals surface area contributed by atoms with Crippen LogP contribution in [-0.4, -0.2) is 12.2 Å². The molecule has 0 aromatic heterocycles. The lowest BCUT2D eigenvalue weighted by molar-refractivity contribution is 0.151. The molecule has 1 unspecified atom stereocenters. The Morgan fingerprint density at radius 3 is 2.73 bits per heavy atom. The predicted molar refractivity (Wildman–Crippen MR) is 62.7 cm³/mol. The fourth-order valence-electron chi connectivity index (χ4n) is 1.82. The number of benzene rings is 2. The van der Waals surface area contributed by atoms with Crippen LogP contribution in [0.4, 0.5) is 0 Å². The number of aliphatic hydroxyl groups is 1. The smallest absolute Gasteiger partial charge is 0.131 e. The molecule has 2 heteroatoms. The minimum atomic E-state index is -0.601. The maximum Gasteiger partial charge on any atom is 0.131 e. The van der Waals surface area contributed by atoms with Crippen molar-refractivity contribution in [3.05, 3.63) is 47.5 Å². The monoisotopic (exact) mass is 201 g/mol. The maximum absolute atomic E-state index is 9.79. The van der Waals surface area contributed by atoms with E-state index in [1.807, 2.05) is 12.1 Å². The van der Waals surface area contributed by atoms with Crippen LogP contribution in [0.3, 0.4) is 0 Å². The quantitative estimate of drug-likeness (QED) is 0.731. The number of rotatable bonds is 2. The van der Waals surface area contributed by atoms with Crippen molar-refractivity contribution in [2.45, 2.75) is 13.2 Å². The van der Waals surface area contributed by atoms with Gasteiger partial charge in [-0.2, -0.15) is 0 Å². The molecule has 2 aromatic rings. The van der Waals surface area contributed by atoms with Gasteiger partial charge < -0.3 is 5.11 Å². The van der Waals surface area contributed by atoms with Gasteiger partial charge >= 0.3 is 0 Å². The molecule has 0 radical (unpaired) electrons. The standard InChI is InChI=1S/C13H15NO/c1-9-6-7-11-10(8-9)4-3-5-12(11)13(15)14-2/h3-8,13-15H,1-2H3. The number of nitrogens with one attached hydrogen (secondary N) is 1. The molecule has 0 bridgehead atoms. The van der Waals surface area contributed by atoms with Gasteiger partial charge in [0.15, 0.2) is 0 Å². The molecule has 2 N–H and O–H groups in total. The zero-order chi connectivity index (χ0) is 10.8. The molecule has 0 heterocycles. The molecule has 2 aromatic carbocycles. The molecule has 0 saturated heterocycles. The van der Waals surface area contributed by atoms with Crippen LogP contribution in [0.5, 0.6) is 0 Å². The van der Waals surface area contributed by atoms with Gasteiger partial charge in [0.1, 0.15) is 6.23 Å². The number of hydrogen-bond donors (Lipinski definition) is 2. The Morgan fingerprint density at radius 1 is 1.20 bits per heavy atom. The van der Waals surface area contributed by atoms with Crippen LogP contribution in [0.25, 0.3) is 10.8 Å². The van der Waals surface area contributed by atoms with Crippen LogP contribution in [0, 0.1) is 6.92 Å². The number of aryl methyl sites for hydroxylation is 1. The highest BCUT2D eigenvalue weighted by Gasteiger charge is 2.07. The van der Waals surface area contributed by atoms with E-state index in [0.29, 0.717) is 0 Å². The van der Waals surface area contributed by atoms with E-state index in [1.165, 1.54) is 10.9 Å². The fraction of sp³-hybridized carbons (Fsp3) is 0.231. The molecule has 0 amide bonds. The first-order valence-electron chi connectivity index (χ1n) is 5.07. The van der Waals surface area contributed by atoms with Gasteiger partial charge in [0, 0.05) is 5.56 Å². The Balaban J connectivity index is 2.66. The molecular formula is C13H15NO. The predicted octanol–water partition coefficient (Wildman–Crippen LogP) is 2.36. The molecule has 0 aliphatic heterocycles. The van der Waals surface area contributed by atoms with E-state index in [0.717, 1.165) is 10.9 Å². The molecule has 2 rings (SSSR count). The lowest BCUT2D eigenvalue weighted by Crippen LogP contribution is -2.15. The second kappa shape index (κ2) is 4.01. The van der Waals surface area contributed by atoms with Crippen LogP contribution in [0.1, 0.15) is 17.4 Å². The summed E-state index contributed by atoms with van der Waals surface area (Å²) in [5.74, 6) is 0. The third-order valence-electron chi connectivity index (χ3n) is 2.64. The summed E-state index contributed by atoms with van der Waals surface area (Å²) in [4.78, 5) is 0. The van der Waals surface area contributed by atoms with E-state index >= 15 is 0 Å². The third-order valence-corrected chi connectivity index (χ3v) is 2.64. The van der Waals surface area contributed by atoms with Gasteiger partial charge in [-0.1, -0.05) is 42.0 Å². The molecule has 0 aliphatic rings. The summed E-state index contributed by atoms with van der Waals surface area (Å²) in [6.45, 7) is 2.07. The molecule has 0 saturated carbocycles. The Kier molecular flexibility index (Phi) is 2.71. The molecule has 78 valence electrons. The topological polar surface area (TPSA) is 32.3 Å². The lowest BCUT2D eigenvalue weighted by Gasteiger charge is -2.12. The summed E-state index contributed by atoms with van der Waals surface area (Å²) >= 11 is 0. The van der Waals surface area contributed by atoms with Gasteiger partial charge in [-0.3, -0.25) is 5.32 Å². The van der Waals surface area contributed by atoms with Crippen LogP contribution in [0.2, 0.25) is 0 Å². The van der Waals surface area contributed by atoms with Crippen LogP contribution in [0.15, 0.2) is 36.4 Å². The minimum Gasteiger partial charge on any atom is -0.374 e. The van der Waals surface area contributed by atoms with Crippen molar-refractivity contribution in [2.24, 2.45) is 0 Å². The first kappa shape index (κ1) is 10.1. The Hall–Kier alpha value is -1.38. The molecule has 0 spiro atoms. The third kappa shape index (κ3) is 1.87. The first-order valence-corrected chi connectivity index (χ1v) is 5.07. The van der Waals surface area contributed by atoms with Crippen LogP contribution >= 0.6 is 0 Å². The fourth-order valence-corrected chi connectivity index (χ4v) is 1.82. The summed E-state index contributed by atoms with van der Waals surface area (Å²) in [5.41, 5.74) is 2.16. The van der Waals surface area contributed by atoms with Gasteiger partial charge in [0.25, 0.3) is 0 Å². The maximum atomic E-state index is 9.79. The van der Waals surface area contributed by atoms with Crippen LogP contribution in [-0.2, 0) is 0 Å². The summed E-state index contributed by atoms with van der Waals surface area (Å²) in [5, 5.41) is 14.9. The zero-order valence-electron chi connectivity index (χ0n) is 8.99. The highest BCUT2D eigenvalue weighted by molar-refractivity contribution is 5.86. The van der Waals surface area contributed by atoms with E-state index in [4.69, 9.17) is 0 Å². The van der Waals surface area contributed by atoms with E-state index in [9.17, 15) is 5.11 Å². The summed E-state index contributed by atoms with van der Waals surface area (Å²) < 4.78 is 0. The van der Waals surface area contributed by atoms with Crippen molar-refractivity contribution < 1.29 is 5.11 Å². The van der Waals surface area contributed by atoms with Crippen molar-refractivity contribution in [2.75, 3.05) is 7.05 Å². The van der Waals surface area contributed by atoms with Crippen molar-refractivity contribution in [3.63, 3.8) is 0 Å². The SMILES string of the molecule is CNC(O)c1cccc2cc(C)ccc12. The van der Waals surface area contributed by atoms with Gasteiger partial charge in [-0.15, -0.1) is 0 Å². The van der Waals surface area contributed by atoms with Gasteiger partial charge in [-0.05, 0) is 24.7 Å². The van der Waals surface area contributed by atoms with E-state index in [2.05, 4.69) is 36.5 Å². The molecule has 2 nitrogen and oxygen atoms in total. The second-order valence-electron chi connectivity index (χ2n) is 3.76. The zero-order valence-corrected chi connectivity index (χ0v) is 8.99. The van der Waals surface area contributed by atoms with Crippen molar-refractivity contribution >= 4 is 10.8 Å². The Bertz CT molecular complexity index is 479. The number of hydrogen-bond acceptors (Lipinski definition) is 2. The highest BCUT2D eigenvalue weighted by Crippen LogP contribution is 2.23. The molecule has 1 atom stereocenters.